The molecule has 0 unspecified atom stereocenters. The minimum absolute atomic E-state index is 0.0201. The molecule has 0 heterocycles. The predicted molar refractivity (Wildman–Crippen MR) is 78.8 cm³/mol. The zero-order valence-electron chi connectivity index (χ0n) is 11.9. The maximum atomic E-state index is 11.9. The highest BCUT2D eigenvalue weighted by Crippen LogP contribution is 2.29. The Kier molecular flexibility index (Phi) is 5.45. The molecular formula is C17H20NO2. The molecule has 2 rings (SSSR count). The fourth-order valence-corrected chi connectivity index (χ4v) is 2.12. The van der Waals surface area contributed by atoms with E-state index in [0.717, 1.165) is 11.5 Å². The molecule has 5 radical (unpaired) electrons. The van der Waals surface area contributed by atoms with Crippen molar-refractivity contribution in [3.63, 3.8) is 0 Å². The average Bonchev–Trinajstić information content (AvgIpc) is 2.97. The van der Waals surface area contributed by atoms with Crippen LogP contribution in [0.4, 0.5) is 4.79 Å². The molecule has 1 aromatic rings. The summed E-state index contributed by atoms with van der Waals surface area (Å²) in [6.45, 7) is 4.45. The molecule has 1 N–H and O–H groups in total. The number of carbonyl (C=O) groups excluding carboxylic acids is 1. The molecule has 3 heteroatoms. The second-order valence-electron chi connectivity index (χ2n) is 5.15. The number of alkyl carbamates (subject to hydrolysis) is 1. The van der Waals surface area contributed by atoms with Gasteiger partial charge in [-0.05, 0) is 37.2 Å². The number of nitrogens with one attached hydrogen (secondary N) is 1. The van der Waals surface area contributed by atoms with E-state index >= 15 is 0 Å². The van der Waals surface area contributed by atoms with Crippen LogP contribution >= 0.6 is 0 Å². The summed E-state index contributed by atoms with van der Waals surface area (Å²) in [5.74, 6) is 1.42. The highest BCUT2D eigenvalue weighted by atomic mass is 16.5. The van der Waals surface area contributed by atoms with Crippen molar-refractivity contribution in [3.05, 3.63) is 67.5 Å². The molecule has 1 fully saturated rings. The van der Waals surface area contributed by atoms with E-state index in [1.807, 2.05) is 56.0 Å². The lowest BCUT2D eigenvalue weighted by atomic mass is 9.89. The molecule has 0 saturated heterocycles. The Bertz CT molecular complexity index is 410. The smallest absolute Gasteiger partial charge is 0.407 e. The van der Waals surface area contributed by atoms with Crippen LogP contribution in [0.25, 0.3) is 0 Å². The molecule has 1 aromatic carbocycles. The van der Waals surface area contributed by atoms with Crippen LogP contribution in [-0.2, 0) is 11.3 Å². The first kappa shape index (κ1) is 14.9. The Labute approximate surface area is 121 Å². The number of hydrogen-bond donors (Lipinski definition) is 1. The van der Waals surface area contributed by atoms with Crippen molar-refractivity contribution in [1.29, 1.82) is 0 Å². The third-order valence-electron chi connectivity index (χ3n) is 3.20. The molecule has 20 heavy (non-hydrogen) atoms. The molecule has 0 bridgehead atoms. The van der Waals surface area contributed by atoms with Gasteiger partial charge in [-0.15, -0.1) is 0 Å². The Morgan fingerprint density at radius 2 is 1.80 bits per heavy atom. The number of benzene rings is 1. The second kappa shape index (κ2) is 7.32. The normalized spacial score (nSPS) is 17.1. The summed E-state index contributed by atoms with van der Waals surface area (Å²) in [6, 6.07) is 9.64. The van der Waals surface area contributed by atoms with E-state index in [0.29, 0.717) is 12.5 Å². The number of hydrogen-bond acceptors (Lipinski definition) is 2. The monoisotopic (exact) mass is 270 g/mol. The topological polar surface area (TPSA) is 38.3 Å². The van der Waals surface area contributed by atoms with Crippen LogP contribution in [0.3, 0.4) is 0 Å². The molecule has 3 nitrogen and oxygen atoms in total. The maximum absolute atomic E-state index is 11.9. The van der Waals surface area contributed by atoms with Crippen molar-refractivity contribution in [2.45, 2.75) is 26.5 Å². The highest BCUT2D eigenvalue weighted by molar-refractivity contribution is 5.68. The van der Waals surface area contributed by atoms with Crippen molar-refractivity contribution in [3.8, 4) is 0 Å². The highest BCUT2D eigenvalue weighted by Gasteiger charge is 2.30. The zero-order valence-corrected chi connectivity index (χ0v) is 11.9. The first-order valence-electron chi connectivity index (χ1n) is 6.85. The van der Waals surface area contributed by atoms with Gasteiger partial charge in [0, 0.05) is 12.0 Å². The van der Waals surface area contributed by atoms with E-state index in [-0.39, 0.29) is 12.1 Å². The van der Waals surface area contributed by atoms with Crippen LogP contribution in [0.5, 0.6) is 0 Å². The summed E-state index contributed by atoms with van der Waals surface area (Å²) < 4.78 is 5.26. The number of ether oxygens (including phenoxy) is 1. The van der Waals surface area contributed by atoms with Crippen LogP contribution in [0.15, 0.2) is 30.3 Å². The van der Waals surface area contributed by atoms with Gasteiger partial charge in [0.2, 0.25) is 0 Å². The molecule has 0 aliphatic heterocycles. The third kappa shape index (κ3) is 4.26. The summed E-state index contributed by atoms with van der Waals surface area (Å²) in [7, 11) is 0. The number of amides is 1. The molecule has 0 spiro atoms. The van der Waals surface area contributed by atoms with Gasteiger partial charge in [0.05, 0.1) is 0 Å². The lowest BCUT2D eigenvalue weighted by Gasteiger charge is -2.27. The maximum Gasteiger partial charge on any atom is 0.407 e. The number of rotatable bonds is 5. The van der Waals surface area contributed by atoms with Crippen LogP contribution in [-0.4, -0.2) is 12.1 Å². The van der Waals surface area contributed by atoms with Gasteiger partial charge in [-0.1, -0.05) is 44.2 Å². The van der Waals surface area contributed by atoms with E-state index in [1.165, 1.54) is 0 Å². The molecule has 1 saturated carbocycles. The lowest BCUT2D eigenvalue weighted by Crippen LogP contribution is -2.42. The van der Waals surface area contributed by atoms with Crippen molar-refractivity contribution < 1.29 is 9.53 Å². The Morgan fingerprint density at radius 3 is 2.40 bits per heavy atom. The van der Waals surface area contributed by atoms with Gasteiger partial charge in [-0.25, -0.2) is 4.79 Å². The lowest BCUT2D eigenvalue weighted by molar-refractivity contribution is 0.134. The Morgan fingerprint density at radius 1 is 1.15 bits per heavy atom. The second-order valence-corrected chi connectivity index (χ2v) is 5.15. The van der Waals surface area contributed by atoms with Crippen molar-refractivity contribution in [2.24, 2.45) is 5.92 Å². The molecular weight excluding hydrogens is 250 g/mol. The third-order valence-corrected chi connectivity index (χ3v) is 3.20. The Hall–Kier alpha value is -1.51. The fourth-order valence-electron chi connectivity index (χ4n) is 2.12. The van der Waals surface area contributed by atoms with Crippen molar-refractivity contribution >= 4 is 6.09 Å². The van der Waals surface area contributed by atoms with E-state index in [1.54, 1.807) is 0 Å². The quantitative estimate of drug-likeness (QED) is 0.891. The Balaban J connectivity index is 1.82. The van der Waals surface area contributed by atoms with Crippen LogP contribution in [0.2, 0.25) is 0 Å². The van der Waals surface area contributed by atoms with Gasteiger partial charge in [-0.2, -0.15) is 0 Å². The standard InChI is InChI=1S/C17H20NO2/c1-13(2)16(15-10-6-7-11-15)18-17(19)20-12-14-8-4-3-5-9-14/h3-11,13,16H,12H2,1-2H3,(H,18,19)/t16-/m0/s1. The van der Waals surface area contributed by atoms with E-state index in [9.17, 15) is 4.79 Å². The van der Waals surface area contributed by atoms with Gasteiger partial charge in [0.15, 0.2) is 0 Å². The van der Waals surface area contributed by atoms with E-state index in [2.05, 4.69) is 19.2 Å². The van der Waals surface area contributed by atoms with Crippen molar-refractivity contribution in [2.75, 3.05) is 0 Å². The number of carbonyl (C=O) groups is 1. The van der Waals surface area contributed by atoms with E-state index in [4.69, 9.17) is 4.74 Å². The van der Waals surface area contributed by atoms with Gasteiger partial charge < -0.3 is 10.1 Å². The summed E-state index contributed by atoms with van der Waals surface area (Å²) in [5.41, 5.74) is 0.983. The van der Waals surface area contributed by atoms with Gasteiger partial charge in [0.25, 0.3) is 0 Å². The largest absolute Gasteiger partial charge is 0.445 e. The van der Waals surface area contributed by atoms with Crippen LogP contribution in [0, 0.1) is 37.5 Å². The molecule has 1 aliphatic carbocycles. The molecule has 0 aromatic heterocycles. The SMILES string of the molecule is CC(C)[C@H](NC(=O)OCc1ccccc1)[C]1[CH][CH][CH][CH]1. The molecule has 1 aliphatic rings. The van der Waals surface area contributed by atoms with Crippen LogP contribution < -0.4 is 5.32 Å². The fraction of sp³-hybridized carbons (Fsp3) is 0.294. The average molecular weight is 270 g/mol. The minimum Gasteiger partial charge on any atom is -0.445 e. The molecule has 1 amide bonds. The summed E-state index contributed by atoms with van der Waals surface area (Å²) >= 11 is 0. The zero-order chi connectivity index (χ0) is 14.4. The van der Waals surface area contributed by atoms with Gasteiger partial charge in [0.1, 0.15) is 6.61 Å². The van der Waals surface area contributed by atoms with Gasteiger partial charge in [-0.3, -0.25) is 0 Å². The van der Waals surface area contributed by atoms with Gasteiger partial charge >= 0.3 is 6.09 Å². The summed E-state index contributed by atoms with van der Waals surface area (Å²) in [4.78, 5) is 11.9. The summed E-state index contributed by atoms with van der Waals surface area (Å²) in [5, 5.41) is 2.93. The van der Waals surface area contributed by atoms with Crippen LogP contribution in [0.1, 0.15) is 19.4 Å². The van der Waals surface area contributed by atoms with Crippen molar-refractivity contribution in [1.82, 2.24) is 5.32 Å². The first-order valence-corrected chi connectivity index (χ1v) is 6.85. The molecule has 105 valence electrons. The first-order chi connectivity index (χ1) is 9.66. The summed E-state index contributed by atoms with van der Waals surface area (Å²) in [6.07, 6.45) is 7.60. The molecule has 1 atom stereocenters. The predicted octanol–water partition coefficient (Wildman–Crippen LogP) is 3.34. The minimum atomic E-state index is -0.381. The van der Waals surface area contributed by atoms with E-state index < -0.39 is 0 Å².